The lowest BCUT2D eigenvalue weighted by atomic mass is 10.2. The number of alkyl halides is 3. The van der Waals surface area contributed by atoms with Gasteiger partial charge in [-0.1, -0.05) is 17.3 Å². The molecule has 2 aromatic rings. The number of anilines is 1. The van der Waals surface area contributed by atoms with Crippen LogP contribution in [-0.4, -0.2) is 25.3 Å². The molecule has 0 heterocycles. The molecule has 0 bridgehead atoms. The number of benzene rings is 2. The molecule has 0 saturated heterocycles. The first kappa shape index (κ1) is 19.3. The van der Waals surface area contributed by atoms with Gasteiger partial charge in [0.25, 0.3) is 5.91 Å². The molecule has 0 spiro atoms. The van der Waals surface area contributed by atoms with Gasteiger partial charge in [0.05, 0.1) is 18.9 Å². The maximum atomic E-state index is 12.5. The first-order chi connectivity index (χ1) is 12.3. The van der Waals surface area contributed by atoms with Crippen LogP contribution in [0, 0.1) is 0 Å². The van der Waals surface area contributed by atoms with Crippen molar-refractivity contribution in [2.45, 2.75) is 19.2 Å². The van der Waals surface area contributed by atoms with Crippen molar-refractivity contribution in [2.24, 2.45) is 5.16 Å². The summed E-state index contributed by atoms with van der Waals surface area (Å²) in [7, 11) is 1.52. The van der Waals surface area contributed by atoms with Gasteiger partial charge < -0.3 is 14.9 Å². The summed E-state index contributed by atoms with van der Waals surface area (Å²) in [6.45, 7) is 1.47. The topological polar surface area (TPSA) is 59.9 Å². The second-order valence-electron chi connectivity index (χ2n) is 5.29. The van der Waals surface area contributed by atoms with Crippen LogP contribution in [0.5, 0.6) is 5.75 Å². The molecular formula is C18H17F3N2O3. The van der Waals surface area contributed by atoms with E-state index in [0.29, 0.717) is 11.3 Å². The molecule has 138 valence electrons. The Morgan fingerprint density at radius 1 is 1.15 bits per heavy atom. The lowest BCUT2D eigenvalue weighted by molar-refractivity contribution is -0.137. The fourth-order valence-corrected chi connectivity index (χ4v) is 1.99. The van der Waals surface area contributed by atoms with Gasteiger partial charge in [-0.05, 0) is 43.3 Å². The number of methoxy groups -OCH3 is 1. The highest BCUT2D eigenvalue weighted by atomic mass is 19.4. The SMILES string of the molecule is COc1ccccc1/C=N\O[C@H](C)C(=O)Nc1ccc(C(F)(F)F)cc1. The Hall–Kier alpha value is -3.03. The number of amides is 1. The Morgan fingerprint density at radius 2 is 1.81 bits per heavy atom. The molecule has 2 rings (SSSR count). The average Bonchev–Trinajstić information content (AvgIpc) is 2.61. The molecule has 0 fully saturated rings. The molecule has 26 heavy (non-hydrogen) atoms. The first-order valence-corrected chi connectivity index (χ1v) is 7.61. The van der Waals surface area contributed by atoms with Crippen molar-refractivity contribution < 1.29 is 27.5 Å². The molecule has 0 radical (unpaired) electrons. The zero-order valence-corrected chi connectivity index (χ0v) is 14.1. The number of ether oxygens (including phenoxy) is 1. The molecule has 1 N–H and O–H groups in total. The summed E-state index contributed by atoms with van der Waals surface area (Å²) >= 11 is 0. The van der Waals surface area contributed by atoms with Crippen LogP contribution in [-0.2, 0) is 15.8 Å². The summed E-state index contributed by atoms with van der Waals surface area (Å²) in [4.78, 5) is 17.1. The van der Waals surface area contributed by atoms with E-state index in [1.807, 2.05) is 0 Å². The van der Waals surface area contributed by atoms with Crippen molar-refractivity contribution in [3.8, 4) is 5.75 Å². The monoisotopic (exact) mass is 366 g/mol. The van der Waals surface area contributed by atoms with Crippen molar-refractivity contribution in [1.82, 2.24) is 0 Å². The van der Waals surface area contributed by atoms with E-state index in [4.69, 9.17) is 9.57 Å². The van der Waals surface area contributed by atoms with Crippen LogP contribution in [0.15, 0.2) is 53.7 Å². The van der Waals surface area contributed by atoms with Crippen molar-refractivity contribution in [1.29, 1.82) is 0 Å². The molecule has 0 aliphatic carbocycles. The Balaban J connectivity index is 1.92. The van der Waals surface area contributed by atoms with Crippen LogP contribution in [0.2, 0.25) is 0 Å². The average molecular weight is 366 g/mol. The molecule has 0 aliphatic heterocycles. The van der Waals surface area contributed by atoms with Gasteiger partial charge >= 0.3 is 6.18 Å². The minimum Gasteiger partial charge on any atom is -0.496 e. The summed E-state index contributed by atoms with van der Waals surface area (Å²) in [5.74, 6) is 0.0589. The Morgan fingerprint density at radius 3 is 2.42 bits per heavy atom. The third kappa shape index (κ3) is 5.23. The number of oxime groups is 1. The summed E-state index contributed by atoms with van der Waals surface area (Å²) in [6, 6.07) is 11.2. The van der Waals surface area contributed by atoms with Gasteiger partial charge in [-0.2, -0.15) is 13.2 Å². The molecule has 2 aromatic carbocycles. The van der Waals surface area contributed by atoms with Crippen LogP contribution >= 0.6 is 0 Å². The quantitative estimate of drug-likeness (QED) is 0.619. The van der Waals surface area contributed by atoms with Gasteiger partial charge in [-0.15, -0.1) is 0 Å². The zero-order chi connectivity index (χ0) is 19.2. The van der Waals surface area contributed by atoms with E-state index in [2.05, 4.69) is 10.5 Å². The number of carbonyl (C=O) groups is 1. The normalized spacial score (nSPS) is 12.7. The van der Waals surface area contributed by atoms with E-state index in [9.17, 15) is 18.0 Å². The lowest BCUT2D eigenvalue weighted by Crippen LogP contribution is -2.26. The molecule has 8 heteroatoms. The minimum atomic E-state index is -4.42. The molecule has 0 unspecified atom stereocenters. The standard InChI is InChI=1S/C18H17F3N2O3/c1-12(26-22-11-13-5-3-4-6-16(13)25-2)17(24)23-15-9-7-14(8-10-15)18(19,20)21/h3-12H,1-2H3,(H,23,24)/b22-11-/t12-/m1/s1. The first-order valence-electron chi connectivity index (χ1n) is 7.61. The maximum absolute atomic E-state index is 12.5. The summed E-state index contributed by atoms with van der Waals surface area (Å²) < 4.78 is 42.7. The molecule has 0 aliphatic rings. The van der Waals surface area contributed by atoms with Gasteiger partial charge in [0.1, 0.15) is 5.75 Å². The second kappa shape index (κ2) is 8.37. The van der Waals surface area contributed by atoms with Crippen molar-refractivity contribution in [3.63, 3.8) is 0 Å². The predicted molar refractivity (Wildman–Crippen MR) is 91.2 cm³/mol. The van der Waals surface area contributed by atoms with Crippen LogP contribution in [0.1, 0.15) is 18.1 Å². The van der Waals surface area contributed by atoms with Gasteiger partial charge in [-0.25, -0.2) is 0 Å². The number of halogens is 3. The number of hydrogen-bond donors (Lipinski definition) is 1. The van der Waals surface area contributed by atoms with E-state index in [0.717, 1.165) is 12.1 Å². The van der Waals surface area contributed by atoms with E-state index in [1.165, 1.54) is 32.4 Å². The summed E-state index contributed by atoms with van der Waals surface area (Å²) in [6.07, 6.45) is -3.96. The van der Waals surface area contributed by atoms with E-state index in [-0.39, 0.29) is 5.69 Å². The number of carbonyl (C=O) groups excluding carboxylic acids is 1. The van der Waals surface area contributed by atoms with Crippen LogP contribution in [0.3, 0.4) is 0 Å². The van der Waals surface area contributed by atoms with Crippen molar-refractivity contribution in [2.75, 3.05) is 12.4 Å². The molecule has 1 amide bonds. The van der Waals surface area contributed by atoms with Gasteiger partial charge in [-0.3, -0.25) is 4.79 Å². The van der Waals surface area contributed by atoms with Crippen LogP contribution < -0.4 is 10.1 Å². The van der Waals surface area contributed by atoms with Crippen LogP contribution in [0.25, 0.3) is 0 Å². The second-order valence-corrected chi connectivity index (χ2v) is 5.29. The highest BCUT2D eigenvalue weighted by Gasteiger charge is 2.30. The fourth-order valence-electron chi connectivity index (χ4n) is 1.99. The molecule has 0 saturated carbocycles. The molecule has 0 aromatic heterocycles. The van der Waals surface area contributed by atoms with E-state index < -0.39 is 23.8 Å². The molecule has 1 atom stereocenters. The van der Waals surface area contributed by atoms with Crippen LogP contribution in [0.4, 0.5) is 18.9 Å². The van der Waals surface area contributed by atoms with Gasteiger partial charge in [0, 0.05) is 11.3 Å². The Bertz CT molecular complexity index is 774. The number of rotatable bonds is 6. The molecular weight excluding hydrogens is 349 g/mol. The fraction of sp³-hybridized carbons (Fsp3) is 0.222. The number of nitrogens with zero attached hydrogens (tertiary/aromatic N) is 1. The third-order valence-corrected chi connectivity index (χ3v) is 3.40. The van der Waals surface area contributed by atoms with E-state index >= 15 is 0 Å². The largest absolute Gasteiger partial charge is 0.496 e. The molecule has 5 nitrogen and oxygen atoms in total. The highest BCUT2D eigenvalue weighted by molar-refractivity contribution is 5.94. The highest BCUT2D eigenvalue weighted by Crippen LogP contribution is 2.29. The van der Waals surface area contributed by atoms with E-state index in [1.54, 1.807) is 24.3 Å². The Kier molecular flexibility index (Phi) is 6.21. The smallest absolute Gasteiger partial charge is 0.416 e. The maximum Gasteiger partial charge on any atom is 0.416 e. The summed E-state index contributed by atoms with van der Waals surface area (Å²) in [5.41, 5.74) is 0.110. The number of nitrogens with one attached hydrogen (secondary N) is 1. The zero-order valence-electron chi connectivity index (χ0n) is 14.1. The van der Waals surface area contributed by atoms with Gasteiger partial charge in [0.2, 0.25) is 6.10 Å². The Labute approximate surface area is 148 Å². The lowest BCUT2D eigenvalue weighted by Gasteiger charge is -2.12. The summed E-state index contributed by atoms with van der Waals surface area (Å²) in [5, 5.41) is 6.21. The van der Waals surface area contributed by atoms with Crippen molar-refractivity contribution in [3.05, 3.63) is 59.7 Å². The number of hydrogen-bond acceptors (Lipinski definition) is 4. The number of para-hydroxylation sites is 1. The van der Waals surface area contributed by atoms with Crippen molar-refractivity contribution >= 4 is 17.8 Å². The van der Waals surface area contributed by atoms with Gasteiger partial charge in [0.15, 0.2) is 0 Å². The minimum absolute atomic E-state index is 0.229. The predicted octanol–water partition coefficient (Wildman–Crippen LogP) is 4.09. The third-order valence-electron chi connectivity index (χ3n) is 3.40.